The zero-order valence-electron chi connectivity index (χ0n) is 11.0. The molecule has 0 radical (unpaired) electrons. The molecule has 5 nitrogen and oxygen atoms in total. The molecule has 2 aromatic rings. The number of benzene rings is 1. The normalized spacial score (nSPS) is 13.7. The van der Waals surface area contributed by atoms with Crippen molar-refractivity contribution >= 4 is 5.91 Å². The van der Waals surface area contributed by atoms with Crippen LogP contribution < -0.4 is 4.74 Å². The highest BCUT2D eigenvalue weighted by molar-refractivity contribution is 5.78. The monoisotopic (exact) mass is 269 g/mol. The molecule has 1 aromatic carbocycles. The Bertz CT molecular complexity index is 601. The number of hydrogen-bond donors (Lipinski definition) is 0. The third-order valence-corrected chi connectivity index (χ3v) is 3.32. The van der Waals surface area contributed by atoms with Crippen LogP contribution in [0.2, 0.25) is 0 Å². The van der Waals surface area contributed by atoms with E-state index in [1.807, 2.05) is 30.3 Å². The van der Waals surface area contributed by atoms with Gasteiger partial charge in [0.1, 0.15) is 12.1 Å². The Labute approximate surface area is 117 Å². The average Bonchev–Trinajstić information content (AvgIpc) is 2.53. The summed E-state index contributed by atoms with van der Waals surface area (Å²) in [5, 5.41) is 0. The van der Waals surface area contributed by atoms with Crippen LogP contribution in [0.15, 0.2) is 42.9 Å². The van der Waals surface area contributed by atoms with E-state index < -0.39 is 0 Å². The summed E-state index contributed by atoms with van der Waals surface area (Å²) in [6, 6.07) is 9.36. The number of ether oxygens (including phenoxy) is 1. The minimum absolute atomic E-state index is 0.0108. The second-order valence-corrected chi connectivity index (χ2v) is 4.66. The number of amides is 1. The number of hydrogen-bond acceptors (Lipinski definition) is 4. The zero-order valence-corrected chi connectivity index (χ0v) is 11.0. The maximum atomic E-state index is 12.1. The molecule has 1 aromatic heterocycles. The Hall–Kier alpha value is -2.43. The highest BCUT2D eigenvalue weighted by Crippen LogP contribution is 2.16. The maximum Gasteiger partial charge on any atom is 0.260 e. The van der Waals surface area contributed by atoms with Crippen molar-refractivity contribution in [3.8, 4) is 5.75 Å². The van der Waals surface area contributed by atoms with Crippen LogP contribution in [0.1, 0.15) is 11.3 Å². The summed E-state index contributed by atoms with van der Waals surface area (Å²) >= 11 is 0. The molecule has 1 amide bonds. The van der Waals surface area contributed by atoms with Gasteiger partial charge in [-0.2, -0.15) is 0 Å². The topological polar surface area (TPSA) is 55.3 Å². The second kappa shape index (κ2) is 5.69. The fourth-order valence-corrected chi connectivity index (χ4v) is 2.23. The third kappa shape index (κ3) is 2.77. The summed E-state index contributed by atoms with van der Waals surface area (Å²) in [6.07, 6.45) is 4.10. The molecule has 0 saturated carbocycles. The van der Waals surface area contributed by atoms with Gasteiger partial charge in [-0.1, -0.05) is 18.2 Å². The SMILES string of the molecule is O=C(COc1ccccc1)N1CCc2ncncc2C1. The highest BCUT2D eigenvalue weighted by atomic mass is 16.5. The maximum absolute atomic E-state index is 12.1. The van der Waals surface area contributed by atoms with Crippen LogP contribution in [0.5, 0.6) is 5.75 Å². The average molecular weight is 269 g/mol. The molecule has 20 heavy (non-hydrogen) atoms. The van der Waals surface area contributed by atoms with Crippen molar-refractivity contribution in [2.24, 2.45) is 0 Å². The van der Waals surface area contributed by atoms with Crippen molar-refractivity contribution < 1.29 is 9.53 Å². The number of nitrogens with zero attached hydrogens (tertiary/aromatic N) is 3. The summed E-state index contributed by atoms with van der Waals surface area (Å²) in [5.41, 5.74) is 2.06. The molecule has 102 valence electrons. The molecule has 1 aliphatic heterocycles. The number of fused-ring (bicyclic) bond motifs is 1. The predicted octanol–water partition coefficient (Wildman–Crippen LogP) is 1.44. The highest BCUT2D eigenvalue weighted by Gasteiger charge is 2.21. The van der Waals surface area contributed by atoms with E-state index in [0.29, 0.717) is 18.8 Å². The molecule has 5 heteroatoms. The first-order chi connectivity index (χ1) is 9.83. The molecular weight excluding hydrogens is 254 g/mol. The molecule has 0 unspecified atom stereocenters. The van der Waals surface area contributed by atoms with E-state index in [4.69, 9.17) is 4.74 Å². The second-order valence-electron chi connectivity index (χ2n) is 4.66. The van der Waals surface area contributed by atoms with Gasteiger partial charge in [0.15, 0.2) is 6.61 Å². The lowest BCUT2D eigenvalue weighted by Crippen LogP contribution is -2.39. The number of rotatable bonds is 3. The van der Waals surface area contributed by atoms with Crippen LogP contribution in [-0.2, 0) is 17.8 Å². The Morgan fingerprint density at radius 2 is 2.15 bits per heavy atom. The number of aromatic nitrogens is 2. The Balaban J connectivity index is 1.59. The Morgan fingerprint density at radius 3 is 3.00 bits per heavy atom. The molecule has 0 bridgehead atoms. The zero-order chi connectivity index (χ0) is 13.8. The largest absolute Gasteiger partial charge is 0.484 e. The number of carbonyl (C=O) groups is 1. The van der Waals surface area contributed by atoms with E-state index in [9.17, 15) is 4.79 Å². The summed E-state index contributed by atoms with van der Waals surface area (Å²) in [5.74, 6) is 0.699. The van der Waals surface area contributed by atoms with E-state index in [-0.39, 0.29) is 12.5 Å². The van der Waals surface area contributed by atoms with Gasteiger partial charge in [-0.05, 0) is 12.1 Å². The summed E-state index contributed by atoms with van der Waals surface area (Å²) in [4.78, 5) is 22.2. The molecule has 1 aliphatic rings. The molecular formula is C15H15N3O2. The van der Waals surface area contributed by atoms with Gasteiger partial charge >= 0.3 is 0 Å². The molecule has 3 rings (SSSR count). The van der Waals surface area contributed by atoms with Crippen molar-refractivity contribution in [2.45, 2.75) is 13.0 Å². The minimum atomic E-state index is -0.0108. The smallest absolute Gasteiger partial charge is 0.260 e. The van der Waals surface area contributed by atoms with Gasteiger partial charge < -0.3 is 9.64 Å². The van der Waals surface area contributed by atoms with Gasteiger partial charge in [-0.25, -0.2) is 9.97 Å². The fourth-order valence-electron chi connectivity index (χ4n) is 2.23. The minimum Gasteiger partial charge on any atom is -0.484 e. The van der Waals surface area contributed by atoms with Crippen LogP contribution in [0.4, 0.5) is 0 Å². The predicted molar refractivity (Wildman–Crippen MR) is 73.1 cm³/mol. The van der Waals surface area contributed by atoms with Gasteiger partial charge in [0.25, 0.3) is 5.91 Å². The Kier molecular flexibility index (Phi) is 3.58. The van der Waals surface area contributed by atoms with E-state index in [1.54, 1.807) is 17.4 Å². The lowest BCUT2D eigenvalue weighted by molar-refractivity contribution is -0.134. The first kappa shape index (κ1) is 12.6. The molecule has 0 atom stereocenters. The lowest BCUT2D eigenvalue weighted by Gasteiger charge is -2.27. The van der Waals surface area contributed by atoms with Crippen molar-refractivity contribution in [3.63, 3.8) is 0 Å². The van der Waals surface area contributed by atoms with Crippen LogP contribution in [-0.4, -0.2) is 33.9 Å². The van der Waals surface area contributed by atoms with Crippen LogP contribution >= 0.6 is 0 Å². The van der Waals surface area contributed by atoms with E-state index in [0.717, 1.165) is 17.7 Å². The molecule has 0 saturated heterocycles. The van der Waals surface area contributed by atoms with Gasteiger partial charge in [0.2, 0.25) is 0 Å². The van der Waals surface area contributed by atoms with Crippen molar-refractivity contribution in [1.29, 1.82) is 0 Å². The van der Waals surface area contributed by atoms with Crippen molar-refractivity contribution in [1.82, 2.24) is 14.9 Å². The third-order valence-electron chi connectivity index (χ3n) is 3.32. The van der Waals surface area contributed by atoms with Crippen LogP contribution in [0, 0.1) is 0 Å². The first-order valence-corrected chi connectivity index (χ1v) is 6.56. The summed E-state index contributed by atoms with van der Waals surface area (Å²) in [7, 11) is 0. The number of para-hydroxylation sites is 1. The first-order valence-electron chi connectivity index (χ1n) is 6.56. The molecule has 2 heterocycles. The quantitative estimate of drug-likeness (QED) is 0.846. The van der Waals surface area contributed by atoms with Gasteiger partial charge in [0, 0.05) is 31.3 Å². The van der Waals surface area contributed by atoms with Crippen LogP contribution in [0.3, 0.4) is 0 Å². The summed E-state index contributed by atoms with van der Waals surface area (Å²) < 4.78 is 5.49. The summed E-state index contributed by atoms with van der Waals surface area (Å²) in [6.45, 7) is 1.31. The van der Waals surface area contributed by atoms with Gasteiger partial charge in [0.05, 0.1) is 5.69 Å². The fraction of sp³-hybridized carbons (Fsp3) is 0.267. The molecule has 0 aliphatic carbocycles. The van der Waals surface area contributed by atoms with E-state index in [2.05, 4.69) is 9.97 Å². The van der Waals surface area contributed by atoms with E-state index in [1.165, 1.54) is 0 Å². The van der Waals surface area contributed by atoms with Gasteiger partial charge in [-0.15, -0.1) is 0 Å². The Morgan fingerprint density at radius 1 is 1.30 bits per heavy atom. The standard InChI is InChI=1S/C15H15N3O2/c19-15(10-20-13-4-2-1-3-5-13)18-7-6-14-12(9-18)8-16-11-17-14/h1-5,8,11H,6-7,9-10H2. The van der Waals surface area contributed by atoms with Gasteiger partial charge in [-0.3, -0.25) is 4.79 Å². The molecule has 0 fully saturated rings. The molecule has 0 N–H and O–H groups in total. The molecule has 0 spiro atoms. The van der Waals surface area contributed by atoms with Crippen molar-refractivity contribution in [3.05, 3.63) is 54.1 Å². The van der Waals surface area contributed by atoms with E-state index >= 15 is 0 Å². The number of carbonyl (C=O) groups excluding carboxylic acids is 1. The lowest BCUT2D eigenvalue weighted by atomic mass is 10.1. The van der Waals surface area contributed by atoms with Crippen molar-refractivity contribution in [2.75, 3.05) is 13.2 Å². The van der Waals surface area contributed by atoms with Crippen LogP contribution in [0.25, 0.3) is 0 Å².